The van der Waals surface area contributed by atoms with E-state index in [9.17, 15) is 13.6 Å². The maximum Gasteiger partial charge on any atom is 0.240 e. The molecule has 126 valence electrons. The Labute approximate surface area is 138 Å². The van der Waals surface area contributed by atoms with Gasteiger partial charge in [-0.3, -0.25) is 4.79 Å². The molecule has 0 spiro atoms. The summed E-state index contributed by atoms with van der Waals surface area (Å²) in [6.45, 7) is 1.69. The largest absolute Gasteiger partial charge is 0.396 e. The quantitative estimate of drug-likeness (QED) is 0.754. The van der Waals surface area contributed by atoms with Crippen LogP contribution in [0.25, 0.3) is 11.1 Å². The number of nitrogen functional groups attached to an aromatic ring is 1. The maximum absolute atomic E-state index is 14.5. The number of nitrogens with two attached hydrogens (primary N) is 2. The van der Waals surface area contributed by atoms with E-state index in [-0.39, 0.29) is 11.6 Å². The molecule has 1 amide bonds. The van der Waals surface area contributed by atoms with Crippen molar-refractivity contribution < 1.29 is 13.6 Å². The normalized spacial score (nSPS) is 16.5. The molecule has 3 rings (SSSR count). The lowest BCUT2D eigenvalue weighted by atomic mass is 9.99. The standard InChI is InChI=1S/C18H19F2N3O/c1-10(23-17(24)18(22)7-8-18)12-6-5-11(9-15(12)20)13-3-2-4-14(19)16(13)21/h2-6,9-10H,7-8,21-22H2,1H3,(H,23,24)/t10-/m1/s1. The Morgan fingerprint density at radius 3 is 2.54 bits per heavy atom. The second kappa shape index (κ2) is 5.87. The van der Waals surface area contributed by atoms with Gasteiger partial charge in [0.05, 0.1) is 17.3 Å². The van der Waals surface area contributed by atoms with Crippen LogP contribution in [0.1, 0.15) is 31.4 Å². The molecule has 1 atom stereocenters. The number of amides is 1. The topological polar surface area (TPSA) is 81.1 Å². The van der Waals surface area contributed by atoms with Crippen molar-refractivity contribution in [2.24, 2.45) is 5.73 Å². The Hall–Kier alpha value is -2.47. The van der Waals surface area contributed by atoms with E-state index < -0.39 is 23.2 Å². The van der Waals surface area contributed by atoms with Crippen molar-refractivity contribution >= 4 is 11.6 Å². The summed E-state index contributed by atoms with van der Waals surface area (Å²) in [7, 11) is 0. The molecule has 1 saturated carbocycles. The van der Waals surface area contributed by atoms with E-state index in [0.717, 1.165) is 0 Å². The monoisotopic (exact) mass is 331 g/mol. The van der Waals surface area contributed by atoms with Crippen LogP contribution in [0.3, 0.4) is 0 Å². The molecule has 6 heteroatoms. The van der Waals surface area contributed by atoms with Gasteiger partial charge in [0.25, 0.3) is 0 Å². The van der Waals surface area contributed by atoms with Crippen molar-refractivity contribution in [3.8, 4) is 11.1 Å². The fourth-order valence-corrected chi connectivity index (χ4v) is 2.61. The van der Waals surface area contributed by atoms with Crippen LogP contribution in [0.2, 0.25) is 0 Å². The Bertz CT molecular complexity index is 803. The molecule has 2 aromatic carbocycles. The van der Waals surface area contributed by atoms with Gasteiger partial charge in [0.2, 0.25) is 5.91 Å². The Kier molecular flexibility index (Phi) is 4.01. The number of para-hydroxylation sites is 1. The molecule has 5 N–H and O–H groups in total. The van der Waals surface area contributed by atoms with E-state index in [2.05, 4.69) is 5.32 Å². The Morgan fingerprint density at radius 1 is 1.21 bits per heavy atom. The molecule has 1 fully saturated rings. The second-order valence-electron chi connectivity index (χ2n) is 6.29. The SMILES string of the molecule is C[C@@H](NC(=O)C1(N)CC1)c1ccc(-c2cccc(F)c2N)cc1F. The van der Waals surface area contributed by atoms with Crippen molar-refractivity contribution in [2.75, 3.05) is 5.73 Å². The first kappa shape index (κ1) is 16.4. The van der Waals surface area contributed by atoms with Gasteiger partial charge in [-0.15, -0.1) is 0 Å². The first-order valence-electron chi connectivity index (χ1n) is 7.75. The van der Waals surface area contributed by atoms with Gasteiger partial charge in [0.1, 0.15) is 11.6 Å². The van der Waals surface area contributed by atoms with Crippen molar-refractivity contribution in [1.29, 1.82) is 0 Å². The van der Waals surface area contributed by atoms with Crippen LogP contribution in [-0.2, 0) is 4.79 Å². The first-order valence-corrected chi connectivity index (χ1v) is 7.75. The van der Waals surface area contributed by atoms with Gasteiger partial charge in [-0.05, 0) is 37.5 Å². The second-order valence-corrected chi connectivity index (χ2v) is 6.29. The minimum atomic E-state index is -0.805. The number of rotatable bonds is 4. The van der Waals surface area contributed by atoms with E-state index in [0.29, 0.717) is 29.5 Å². The number of hydrogen-bond donors (Lipinski definition) is 3. The molecule has 0 saturated heterocycles. The van der Waals surface area contributed by atoms with Crippen LogP contribution < -0.4 is 16.8 Å². The zero-order valence-electron chi connectivity index (χ0n) is 13.3. The van der Waals surface area contributed by atoms with Gasteiger partial charge in [-0.25, -0.2) is 8.78 Å². The van der Waals surface area contributed by atoms with Crippen LogP contribution in [-0.4, -0.2) is 11.4 Å². The molecule has 4 nitrogen and oxygen atoms in total. The number of nitrogens with one attached hydrogen (secondary N) is 1. The molecule has 0 radical (unpaired) electrons. The number of carbonyl (C=O) groups is 1. The molecule has 1 aliphatic rings. The zero-order chi connectivity index (χ0) is 17.5. The summed E-state index contributed by atoms with van der Waals surface area (Å²) in [4.78, 5) is 12.0. The number of anilines is 1. The molecule has 0 heterocycles. The van der Waals surface area contributed by atoms with Crippen LogP contribution in [0.5, 0.6) is 0 Å². The highest BCUT2D eigenvalue weighted by Crippen LogP contribution is 2.34. The van der Waals surface area contributed by atoms with Gasteiger partial charge in [-0.2, -0.15) is 0 Å². The lowest BCUT2D eigenvalue weighted by Gasteiger charge is -2.18. The lowest BCUT2D eigenvalue weighted by molar-refractivity contribution is -0.123. The van der Waals surface area contributed by atoms with E-state index in [4.69, 9.17) is 11.5 Å². The van der Waals surface area contributed by atoms with Gasteiger partial charge in [0, 0.05) is 11.1 Å². The average molecular weight is 331 g/mol. The van der Waals surface area contributed by atoms with E-state index in [1.807, 2.05) is 0 Å². The smallest absolute Gasteiger partial charge is 0.240 e. The molecule has 1 aliphatic carbocycles. The molecular weight excluding hydrogens is 312 g/mol. The predicted molar refractivity (Wildman–Crippen MR) is 88.9 cm³/mol. The van der Waals surface area contributed by atoms with Crippen molar-refractivity contribution in [3.63, 3.8) is 0 Å². The Morgan fingerprint density at radius 2 is 1.92 bits per heavy atom. The summed E-state index contributed by atoms with van der Waals surface area (Å²) in [6, 6.07) is 8.39. The number of hydrogen-bond acceptors (Lipinski definition) is 3. The summed E-state index contributed by atoms with van der Waals surface area (Å²) in [5, 5.41) is 2.73. The third-order valence-electron chi connectivity index (χ3n) is 4.42. The van der Waals surface area contributed by atoms with Crippen molar-refractivity contribution in [2.45, 2.75) is 31.3 Å². The molecule has 0 unspecified atom stereocenters. The van der Waals surface area contributed by atoms with E-state index in [1.165, 1.54) is 18.2 Å². The third-order valence-corrected chi connectivity index (χ3v) is 4.42. The number of benzene rings is 2. The molecule has 24 heavy (non-hydrogen) atoms. The average Bonchev–Trinajstić information content (AvgIpc) is 3.29. The molecule has 0 aromatic heterocycles. The zero-order valence-corrected chi connectivity index (χ0v) is 13.3. The van der Waals surface area contributed by atoms with Crippen LogP contribution >= 0.6 is 0 Å². The van der Waals surface area contributed by atoms with E-state index in [1.54, 1.807) is 25.1 Å². The third kappa shape index (κ3) is 2.97. The summed E-state index contributed by atoms with van der Waals surface area (Å²) < 4.78 is 28.0. The van der Waals surface area contributed by atoms with Crippen molar-refractivity contribution in [1.82, 2.24) is 5.32 Å². The number of halogens is 2. The fourth-order valence-electron chi connectivity index (χ4n) is 2.61. The van der Waals surface area contributed by atoms with Crippen LogP contribution in [0.15, 0.2) is 36.4 Å². The van der Waals surface area contributed by atoms with E-state index >= 15 is 0 Å². The summed E-state index contributed by atoms with van der Waals surface area (Å²) >= 11 is 0. The molecule has 2 aromatic rings. The first-order chi connectivity index (χ1) is 11.3. The molecule has 0 bridgehead atoms. The van der Waals surface area contributed by atoms with Gasteiger partial charge >= 0.3 is 0 Å². The number of carbonyl (C=O) groups excluding carboxylic acids is 1. The summed E-state index contributed by atoms with van der Waals surface area (Å²) in [5.74, 6) is -1.31. The van der Waals surface area contributed by atoms with Crippen molar-refractivity contribution in [3.05, 3.63) is 53.6 Å². The Balaban J connectivity index is 1.84. The molecular formula is C18H19F2N3O. The summed E-state index contributed by atoms with van der Waals surface area (Å²) in [5.41, 5.74) is 12.0. The van der Waals surface area contributed by atoms with Gasteiger partial charge in [0.15, 0.2) is 0 Å². The van der Waals surface area contributed by atoms with Gasteiger partial charge in [-0.1, -0.05) is 24.3 Å². The maximum atomic E-state index is 14.5. The highest BCUT2D eigenvalue weighted by Gasteiger charge is 2.46. The van der Waals surface area contributed by atoms with Crippen LogP contribution in [0.4, 0.5) is 14.5 Å². The predicted octanol–water partition coefficient (Wildman–Crippen LogP) is 2.88. The van der Waals surface area contributed by atoms with Gasteiger partial charge < -0.3 is 16.8 Å². The molecule has 0 aliphatic heterocycles. The highest BCUT2D eigenvalue weighted by atomic mass is 19.1. The highest BCUT2D eigenvalue weighted by molar-refractivity contribution is 5.89. The summed E-state index contributed by atoms with van der Waals surface area (Å²) in [6.07, 6.45) is 1.29. The minimum absolute atomic E-state index is 0.0233. The fraction of sp³-hybridized carbons (Fsp3) is 0.278. The lowest BCUT2D eigenvalue weighted by Crippen LogP contribution is -2.43. The minimum Gasteiger partial charge on any atom is -0.396 e. The van der Waals surface area contributed by atoms with Crippen LogP contribution in [0, 0.1) is 11.6 Å².